The number of nitrogens with zero attached hydrogens (tertiary/aromatic N) is 2. The fraction of sp³-hybridized carbons (Fsp3) is 0.632. The van der Waals surface area contributed by atoms with Crippen LogP contribution in [-0.4, -0.2) is 50.3 Å². The van der Waals surface area contributed by atoms with E-state index in [4.69, 9.17) is 14.5 Å². The topological polar surface area (TPSA) is 46.1 Å². The molecule has 1 heterocycles. The molecule has 24 heavy (non-hydrogen) atoms. The number of hydrogen-bond acceptors (Lipinski definition) is 3. The second-order valence-electron chi connectivity index (χ2n) is 6.12. The average molecular weight is 333 g/mol. The number of hydrogen-bond donors (Lipinski definition) is 1. The van der Waals surface area contributed by atoms with E-state index < -0.39 is 0 Å². The van der Waals surface area contributed by atoms with Crippen molar-refractivity contribution in [3.8, 4) is 5.75 Å². The van der Waals surface area contributed by atoms with Crippen LogP contribution in [0.1, 0.15) is 37.8 Å². The molecule has 1 aromatic rings. The lowest BCUT2D eigenvalue weighted by molar-refractivity contribution is 0.0263. The van der Waals surface area contributed by atoms with Crippen LogP contribution in [0.4, 0.5) is 0 Å². The highest BCUT2D eigenvalue weighted by Crippen LogP contribution is 2.19. The Bertz CT molecular complexity index is 537. The average Bonchev–Trinajstić information content (AvgIpc) is 2.60. The summed E-state index contributed by atoms with van der Waals surface area (Å²) in [4.78, 5) is 7.17. The highest BCUT2D eigenvalue weighted by molar-refractivity contribution is 5.80. The Hall–Kier alpha value is -1.75. The molecule has 0 radical (unpaired) electrons. The molecule has 1 fully saturated rings. The summed E-state index contributed by atoms with van der Waals surface area (Å²) in [5.41, 5.74) is 2.35. The van der Waals surface area contributed by atoms with Crippen molar-refractivity contribution in [1.29, 1.82) is 0 Å². The van der Waals surface area contributed by atoms with Crippen LogP contribution in [0.15, 0.2) is 23.2 Å². The minimum atomic E-state index is 0.401. The summed E-state index contributed by atoms with van der Waals surface area (Å²) < 4.78 is 11.1. The van der Waals surface area contributed by atoms with Gasteiger partial charge in [0.25, 0.3) is 0 Å². The Kier molecular flexibility index (Phi) is 7.37. The molecule has 0 unspecified atom stereocenters. The van der Waals surface area contributed by atoms with Gasteiger partial charge in [0.15, 0.2) is 5.96 Å². The minimum absolute atomic E-state index is 0.401. The van der Waals surface area contributed by atoms with Gasteiger partial charge < -0.3 is 19.7 Å². The molecule has 5 nitrogen and oxygen atoms in total. The molecular formula is C19H31N3O2. The van der Waals surface area contributed by atoms with E-state index in [1.54, 1.807) is 7.11 Å². The molecule has 0 aromatic heterocycles. The van der Waals surface area contributed by atoms with E-state index >= 15 is 0 Å². The molecule has 1 saturated heterocycles. The zero-order valence-electron chi connectivity index (χ0n) is 15.5. The molecule has 134 valence electrons. The smallest absolute Gasteiger partial charge is 0.194 e. The van der Waals surface area contributed by atoms with Gasteiger partial charge in [0.2, 0.25) is 0 Å². The first-order valence-electron chi connectivity index (χ1n) is 8.96. The Labute approximate surface area is 146 Å². The molecule has 0 saturated carbocycles. The number of rotatable bonds is 6. The van der Waals surface area contributed by atoms with Gasteiger partial charge in [-0.2, -0.15) is 0 Å². The van der Waals surface area contributed by atoms with Crippen molar-refractivity contribution in [2.24, 2.45) is 4.99 Å². The van der Waals surface area contributed by atoms with Gasteiger partial charge in [-0.15, -0.1) is 0 Å². The van der Waals surface area contributed by atoms with Crippen molar-refractivity contribution < 1.29 is 9.47 Å². The first-order chi connectivity index (χ1) is 11.7. The lowest BCUT2D eigenvalue weighted by atomic mass is 10.1. The molecule has 1 N–H and O–H groups in total. The van der Waals surface area contributed by atoms with E-state index in [0.717, 1.165) is 56.4 Å². The molecule has 0 amide bonds. The zero-order valence-corrected chi connectivity index (χ0v) is 15.5. The number of guanidine groups is 1. The van der Waals surface area contributed by atoms with Crippen molar-refractivity contribution in [2.75, 3.05) is 33.4 Å². The Morgan fingerprint density at radius 2 is 2.04 bits per heavy atom. The number of aryl methyl sites for hydroxylation is 1. The molecule has 1 aliphatic heterocycles. The van der Waals surface area contributed by atoms with Gasteiger partial charge in [0.05, 0.1) is 19.8 Å². The summed E-state index contributed by atoms with van der Waals surface area (Å²) in [6.07, 6.45) is 2.54. The van der Waals surface area contributed by atoms with Gasteiger partial charge >= 0.3 is 0 Å². The third kappa shape index (κ3) is 5.13. The van der Waals surface area contributed by atoms with Crippen molar-refractivity contribution in [2.45, 2.75) is 46.3 Å². The van der Waals surface area contributed by atoms with Crippen LogP contribution >= 0.6 is 0 Å². The second-order valence-corrected chi connectivity index (χ2v) is 6.12. The molecule has 0 aliphatic carbocycles. The number of likely N-dealkylation sites (tertiary alicyclic amines) is 1. The minimum Gasteiger partial charge on any atom is -0.496 e. The number of benzene rings is 1. The largest absolute Gasteiger partial charge is 0.496 e. The van der Waals surface area contributed by atoms with E-state index in [1.807, 2.05) is 6.07 Å². The fourth-order valence-electron chi connectivity index (χ4n) is 3.10. The monoisotopic (exact) mass is 333 g/mol. The van der Waals surface area contributed by atoms with Crippen LogP contribution in [-0.2, 0) is 11.3 Å². The van der Waals surface area contributed by atoms with Crippen LogP contribution in [0.2, 0.25) is 0 Å². The maximum absolute atomic E-state index is 5.74. The molecule has 0 atom stereocenters. The Morgan fingerprint density at radius 3 is 2.62 bits per heavy atom. The molecule has 1 aliphatic rings. The molecule has 0 spiro atoms. The van der Waals surface area contributed by atoms with Crippen molar-refractivity contribution in [3.63, 3.8) is 0 Å². The van der Waals surface area contributed by atoms with Crippen molar-refractivity contribution in [1.82, 2.24) is 10.2 Å². The number of aliphatic imine (C=N–C) groups is 1. The predicted molar refractivity (Wildman–Crippen MR) is 98.8 cm³/mol. The van der Waals surface area contributed by atoms with Gasteiger partial charge in [-0.05, 0) is 50.8 Å². The van der Waals surface area contributed by atoms with E-state index in [2.05, 4.69) is 43.1 Å². The van der Waals surface area contributed by atoms with Gasteiger partial charge in [0.1, 0.15) is 5.75 Å². The number of ether oxygens (including phenoxy) is 2. The van der Waals surface area contributed by atoms with Crippen LogP contribution in [0, 0.1) is 6.92 Å². The Balaban J connectivity index is 1.99. The van der Waals surface area contributed by atoms with Crippen molar-refractivity contribution in [3.05, 3.63) is 29.3 Å². The van der Waals surface area contributed by atoms with Gasteiger partial charge in [-0.1, -0.05) is 12.1 Å². The lowest BCUT2D eigenvalue weighted by Gasteiger charge is -2.34. The first-order valence-corrected chi connectivity index (χ1v) is 8.96. The Morgan fingerprint density at radius 1 is 1.29 bits per heavy atom. The van der Waals surface area contributed by atoms with Crippen LogP contribution in [0.3, 0.4) is 0 Å². The van der Waals surface area contributed by atoms with E-state index in [9.17, 15) is 0 Å². The highest BCUT2D eigenvalue weighted by Gasteiger charge is 2.21. The van der Waals surface area contributed by atoms with E-state index in [1.165, 1.54) is 5.56 Å². The van der Waals surface area contributed by atoms with Crippen molar-refractivity contribution >= 4 is 5.96 Å². The summed E-state index contributed by atoms with van der Waals surface area (Å²) in [7, 11) is 1.70. The summed E-state index contributed by atoms with van der Waals surface area (Å²) in [5, 5.41) is 3.42. The second kappa shape index (κ2) is 9.52. The number of piperidine rings is 1. The van der Waals surface area contributed by atoms with Gasteiger partial charge in [-0.3, -0.25) is 0 Å². The van der Waals surface area contributed by atoms with Crippen LogP contribution in [0.25, 0.3) is 0 Å². The van der Waals surface area contributed by atoms with Crippen LogP contribution < -0.4 is 10.1 Å². The number of methoxy groups -OCH3 is 1. The third-order valence-corrected chi connectivity index (χ3v) is 4.35. The molecule has 1 aromatic carbocycles. The predicted octanol–water partition coefficient (Wildman–Crippen LogP) is 2.97. The summed E-state index contributed by atoms with van der Waals surface area (Å²) in [5.74, 6) is 1.92. The normalized spacial score (nSPS) is 16.3. The SMILES string of the molecule is CCNC(=NCc1ccc(OC)c(C)c1)N1CCC(OCC)CC1. The molecule has 2 rings (SSSR count). The van der Waals surface area contributed by atoms with Crippen LogP contribution in [0.5, 0.6) is 5.75 Å². The van der Waals surface area contributed by atoms with E-state index in [-0.39, 0.29) is 0 Å². The fourth-order valence-corrected chi connectivity index (χ4v) is 3.10. The molecule has 5 heteroatoms. The third-order valence-electron chi connectivity index (χ3n) is 4.35. The maximum Gasteiger partial charge on any atom is 0.194 e. The van der Waals surface area contributed by atoms with Gasteiger partial charge in [-0.25, -0.2) is 4.99 Å². The molecular weight excluding hydrogens is 302 g/mol. The molecule has 0 bridgehead atoms. The summed E-state index contributed by atoms with van der Waals surface area (Å²) in [6.45, 7) is 10.6. The zero-order chi connectivity index (χ0) is 17.4. The highest BCUT2D eigenvalue weighted by atomic mass is 16.5. The van der Waals surface area contributed by atoms with E-state index in [0.29, 0.717) is 12.6 Å². The standard InChI is InChI=1S/C19H31N3O2/c1-5-20-19(22-11-9-17(10-12-22)24-6-2)21-14-16-7-8-18(23-4)15(3)13-16/h7-8,13,17H,5-6,9-12,14H2,1-4H3,(H,20,21). The lowest BCUT2D eigenvalue weighted by Crippen LogP contribution is -2.47. The quantitative estimate of drug-likeness (QED) is 0.642. The summed E-state index contributed by atoms with van der Waals surface area (Å²) >= 11 is 0. The van der Waals surface area contributed by atoms with Gasteiger partial charge in [0, 0.05) is 26.2 Å². The summed E-state index contributed by atoms with van der Waals surface area (Å²) in [6, 6.07) is 6.24. The number of nitrogens with one attached hydrogen (secondary N) is 1. The maximum atomic E-state index is 5.74. The first kappa shape index (κ1) is 18.6.